The third-order valence-electron chi connectivity index (χ3n) is 4.35. The largest absolute Gasteiger partial charge is 0.469 e. The third-order valence-corrected chi connectivity index (χ3v) is 4.35. The van der Waals surface area contributed by atoms with Crippen LogP contribution in [-0.2, 0) is 14.3 Å². The Morgan fingerprint density at radius 2 is 1.95 bits per heavy atom. The zero-order valence-electron chi connectivity index (χ0n) is 11.9. The molecule has 2 rings (SSSR count). The Balaban J connectivity index is 2.15. The predicted octanol–water partition coefficient (Wildman–Crippen LogP) is 1.02. The molecule has 0 aromatic carbocycles. The van der Waals surface area contributed by atoms with Gasteiger partial charge in [-0.05, 0) is 19.3 Å². The molecule has 1 aliphatic carbocycles. The highest BCUT2D eigenvalue weighted by molar-refractivity contribution is 5.86. The van der Waals surface area contributed by atoms with Gasteiger partial charge in [0.15, 0.2) is 0 Å². The summed E-state index contributed by atoms with van der Waals surface area (Å²) in [6.07, 6.45) is 5.92. The van der Waals surface area contributed by atoms with Gasteiger partial charge in [0.05, 0.1) is 13.5 Å². The van der Waals surface area contributed by atoms with Gasteiger partial charge in [0.2, 0.25) is 5.91 Å². The van der Waals surface area contributed by atoms with Crippen molar-refractivity contribution >= 4 is 11.9 Å². The number of hydrogen-bond acceptors (Lipinski definition) is 4. The molecule has 0 bridgehead atoms. The van der Waals surface area contributed by atoms with Crippen LogP contribution in [0.4, 0.5) is 0 Å². The van der Waals surface area contributed by atoms with Gasteiger partial charge in [0.25, 0.3) is 0 Å². The van der Waals surface area contributed by atoms with Crippen molar-refractivity contribution in [3.8, 4) is 0 Å². The highest BCUT2D eigenvalue weighted by Gasteiger charge is 2.37. The van der Waals surface area contributed by atoms with Crippen LogP contribution in [0.3, 0.4) is 0 Å². The van der Waals surface area contributed by atoms with Crippen LogP contribution in [-0.4, -0.2) is 61.0 Å². The lowest BCUT2D eigenvalue weighted by atomic mass is 10.1. The lowest BCUT2D eigenvalue weighted by Crippen LogP contribution is -2.49. The number of amides is 1. The van der Waals surface area contributed by atoms with Crippen molar-refractivity contribution < 1.29 is 14.3 Å². The molecule has 0 aromatic rings. The Labute approximate surface area is 114 Å². The van der Waals surface area contributed by atoms with Crippen LogP contribution < -0.4 is 0 Å². The van der Waals surface area contributed by atoms with E-state index in [2.05, 4.69) is 4.90 Å². The van der Waals surface area contributed by atoms with Crippen molar-refractivity contribution in [1.29, 1.82) is 0 Å². The number of nitrogens with zero attached hydrogens (tertiary/aromatic N) is 2. The van der Waals surface area contributed by atoms with E-state index in [0.29, 0.717) is 6.04 Å². The maximum absolute atomic E-state index is 12.4. The maximum Gasteiger partial charge on any atom is 0.307 e. The lowest BCUT2D eigenvalue weighted by molar-refractivity contribution is -0.147. The summed E-state index contributed by atoms with van der Waals surface area (Å²) in [5.74, 6) is -0.230. The van der Waals surface area contributed by atoms with E-state index >= 15 is 0 Å². The van der Waals surface area contributed by atoms with E-state index in [1.807, 2.05) is 7.05 Å². The number of rotatable bonds is 3. The molecule has 1 unspecified atom stereocenters. The van der Waals surface area contributed by atoms with E-state index in [1.165, 1.54) is 20.0 Å². The molecule has 0 spiro atoms. The van der Waals surface area contributed by atoms with Crippen molar-refractivity contribution in [3.05, 3.63) is 0 Å². The number of likely N-dealkylation sites (N-methyl/N-ethyl adjacent to an activating group) is 1. The minimum Gasteiger partial charge on any atom is -0.469 e. The van der Waals surface area contributed by atoms with Crippen molar-refractivity contribution in [3.63, 3.8) is 0 Å². The summed E-state index contributed by atoms with van der Waals surface area (Å²) in [5, 5.41) is 0. The molecule has 1 amide bonds. The number of hydrogen-bond donors (Lipinski definition) is 0. The van der Waals surface area contributed by atoms with E-state index in [4.69, 9.17) is 4.74 Å². The molecule has 19 heavy (non-hydrogen) atoms. The number of ether oxygens (including phenoxy) is 1. The molecule has 5 nitrogen and oxygen atoms in total. The monoisotopic (exact) mass is 268 g/mol. The molecule has 0 radical (unpaired) electrons. The minimum atomic E-state index is -0.331. The SMILES string of the molecule is COC(=O)CC1C(=O)N(C)CCCN1C1CCCC1. The first-order valence-electron chi connectivity index (χ1n) is 7.21. The maximum atomic E-state index is 12.4. The molecule has 0 aromatic heterocycles. The van der Waals surface area contributed by atoms with Gasteiger partial charge in [-0.15, -0.1) is 0 Å². The second-order valence-corrected chi connectivity index (χ2v) is 5.59. The summed E-state index contributed by atoms with van der Waals surface area (Å²) < 4.78 is 4.75. The molecule has 2 fully saturated rings. The Bertz CT molecular complexity index is 340. The van der Waals surface area contributed by atoms with Crippen LogP contribution in [0.15, 0.2) is 0 Å². The second kappa shape index (κ2) is 6.37. The molecule has 0 N–H and O–H groups in total. The lowest BCUT2D eigenvalue weighted by Gasteiger charge is -2.33. The molecule has 1 saturated heterocycles. The molecule has 1 atom stereocenters. The minimum absolute atomic E-state index is 0.0646. The molecule has 1 heterocycles. The predicted molar refractivity (Wildman–Crippen MR) is 71.6 cm³/mol. The van der Waals surface area contributed by atoms with E-state index < -0.39 is 0 Å². The third kappa shape index (κ3) is 3.26. The molecule has 5 heteroatoms. The fraction of sp³-hybridized carbons (Fsp3) is 0.857. The topological polar surface area (TPSA) is 49.9 Å². The standard InChI is InChI=1S/C14H24N2O3/c1-15-8-5-9-16(11-6-3-4-7-11)12(14(15)18)10-13(17)19-2/h11-12H,3-10H2,1-2H3. The van der Waals surface area contributed by atoms with Crippen molar-refractivity contribution in [2.45, 2.75) is 50.6 Å². The Hall–Kier alpha value is -1.10. The molecular formula is C14H24N2O3. The number of methoxy groups -OCH3 is 1. The summed E-state index contributed by atoms with van der Waals surface area (Å²) in [6.45, 7) is 1.68. The first-order chi connectivity index (χ1) is 9.13. The summed E-state index contributed by atoms with van der Waals surface area (Å²) >= 11 is 0. The van der Waals surface area contributed by atoms with Crippen LogP contribution >= 0.6 is 0 Å². The summed E-state index contributed by atoms with van der Waals surface area (Å²) in [5.41, 5.74) is 0. The van der Waals surface area contributed by atoms with Crippen LogP contribution in [0.25, 0.3) is 0 Å². The molecule has 1 saturated carbocycles. The van der Waals surface area contributed by atoms with Gasteiger partial charge in [-0.1, -0.05) is 12.8 Å². The fourth-order valence-electron chi connectivity index (χ4n) is 3.27. The molecule has 1 aliphatic heterocycles. The Kier molecular flexibility index (Phi) is 4.80. The van der Waals surface area contributed by atoms with Crippen LogP contribution in [0.2, 0.25) is 0 Å². The van der Waals surface area contributed by atoms with Crippen molar-refractivity contribution in [1.82, 2.24) is 9.80 Å². The van der Waals surface area contributed by atoms with E-state index in [1.54, 1.807) is 4.90 Å². The van der Waals surface area contributed by atoms with Gasteiger partial charge in [-0.25, -0.2) is 0 Å². The zero-order valence-corrected chi connectivity index (χ0v) is 11.9. The van der Waals surface area contributed by atoms with Gasteiger partial charge in [-0.2, -0.15) is 0 Å². The van der Waals surface area contributed by atoms with E-state index in [9.17, 15) is 9.59 Å². The van der Waals surface area contributed by atoms with Gasteiger partial charge in [0, 0.05) is 26.2 Å². The first-order valence-corrected chi connectivity index (χ1v) is 7.21. The van der Waals surface area contributed by atoms with Crippen LogP contribution in [0.1, 0.15) is 38.5 Å². The van der Waals surface area contributed by atoms with Crippen molar-refractivity contribution in [2.24, 2.45) is 0 Å². The smallest absolute Gasteiger partial charge is 0.307 e. The Morgan fingerprint density at radius 3 is 2.58 bits per heavy atom. The zero-order chi connectivity index (χ0) is 13.8. The number of carbonyl (C=O) groups excluding carboxylic acids is 2. The molecule has 2 aliphatic rings. The van der Waals surface area contributed by atoms with E-state index in [-0.39, 0.29) is 24.3 Å². The van der Waals surface area contributed by atoms with Crippen LogP contribution in [0.5, 0.6) is 0 Å². The normalized spacial score (nSPS) is 26.5. The summed E-state index contributed by atoms with van der Waals surface area (Å²) in [4.78, 5) is 28.0. The fourth-order valence-corrected chi connectivity index (χ4v) is 3.27. The molecule has 108 valence electrons. The quantitative estimate of drug-likeness (QED) is 0.717. The van der Waals surface area contributed by atoms with E-state index in [0.717, 1.165) is 32.4 Å². The van der Waals surface area contributed by atoms with Gasteiger partial charge < -0.3 is 9.64 Å². The van der Waals surface area contributed by atoms with Crippen molar-refractivity contribution in [2.75, 3.05) is 27.2 Å². The first kappa shape index (κ1) is 14.3. The average Bonchev–Trinajstić information content (AvgIpc) is 2.89. The van der Waals surface area contributed by atoms with Gasteiger partial charge in [0.1, 0.15) is 6.04 Å². The second-order valence-electron chi connectivity index (χ2n) is 5.59. The molecular weight excluding hydrogens is 244 g/mol. The van der Waals surface area contributed by atoms with Gasteiger partial charge >= 0.3 is 5.97 Å². The average molecular weight is 268 g/mol. The van der Waals surface area contributed by atoms with Gasteiger partial charge in [-0.3, -0.25) is 14.5 Å². The highest BCUT2D eigenvalue weighted by Crippen LogP contribution is 2.28. The summed E-state index contributed by atoms with van der Waals surface area (Å²) in [7, 11) is 3.21. The highest BCUT2D eigenvalue weighted by atomic mass is 16.5. The Morgan fingerprint density at radius 1 is 1.26 bits per heavy atom. The summed E-state index contributed by atoms with van der Waals surface area (Å²) in [6, 6.07) is 0.133. The number of carbonyl (C=O) groups is 2. The number of esters is 1. The van der Waals surface area contributed by atoms with Crippen LogP contribution in [0, 0.1) is 0 Å².